The van der Waals surface area contributed by atoms with Gasteiger partial charge < -0.3 is 9.29 Å². The fourth-order valence-corrected chi connectivity index (χ4v) is 1.21. The second kappa shape index (κ2) is 3.69. The highest BCUT2D eigenvalue weighted by molar-refractivity contribution is 7.81. The number of hydrogen-bond donors (Lipinski definition) is 2. The van der Waals surface area contributed by atoms with Gasteiger partial charge in [-0.2, -0.15) is 8.42 Å². The number of hydrogen-bond acceptors (Lipinski definition) is 4. The van der Waals surface area contributed by atoms with Gasteiger partial charge in [-0.3, -0.25) is 4.55 Å². The molecule has 0 aliphatic carbocycles. The molecule has 5 nitrogen and oxygen atoms in total. The van der Waals surface area contributed by atoms with Crippen LogP contribution in [0.3, 0.4) is 0 Å². The zero-order valence-corrected chi connectivity index (χ0v) is 7.86. The van der Waals surface area contributed by atoms with Crippen LogP contribution in [0.5, 0.6) is 11.5 Å². The summed E-state index contributed by atoms with van der Waals surface area (Å²) in [6, 6.07) is 3.95. The molecule has 0 radical (unpaired) electrons. The highest BCUT2D eigenvalue weighted by Crippen LogP contribution is 2.27. The monoisotopic (exact) mass is 216 g/mol. The first-order chi connectivity index (χ1) is 6.42. The standard InChI is InChI=1S/C8H8O5S/c1-2-6-3-4-8(7(9)5-6)13-14(10,11)12/h2-5,9H,1H2,(H,10,11,12). The Bertz CT molecular complexity index is 449. The quantitative estimate of drug-likeness (QED) is 0.742. The minimum absolute atomic E-state index is 0.335. The molecule has 0 unspecified atom stereocenters. The third-order valence-electron chi connectivity index (χ3n) is 1.41. The lowest BCUT2D eigenvalue weighted by atomic mass is 10.2. The first-order valence-electron chi connectivity index (χ1n) is 3.55. The highest BCUT2D eigenvalue weighted by Gasteiger charge is 2.10. The predicted octanol–water partition coefficient (Wildman–Crippen LogP) is 1.22. The van der Waals surface area contributed by atoms with Gasteiger partial charge in [0, 0.05) is 0 Å². The van der Waals surface area contributed by atoms with Crippen molar-refractivity contribution in [2.24, 2.45) is 0 Å². The summed E-state index contributed by atoms with van der Waals surface area (Å²) in [6.45, 7) is 3.46. The summed E-state index contributed by atoms with van der Waals surface area (Å²) in [5.41, 5.74) is 0.602. The van der Waals surface area contributed by atoms with Gasteiger partial charge in [-0.15, -0.1) is 0 Å². The minimum atomic E-state index is -4.61. The number of benzene rings is 1. The van der Waals surface area contributed by atoms with E-state index in [0.717, 1.165) is 0 Å². The van der Waals surface area contributed by atoms with Crippen LogP contribution in [0, 0.1) is 0 Å². The molecule has 0 atom stereocenters. The average molecular weight is 216 g/mol. The Balaban J connectivity index is 3.07. The molecular formula is C8H8O5S. The summed E-state index contributed by atoms with van der Waals surface area (Å²) in [4.78, 5) is 0. The molecule has 6 heteroatoms. The normalized spacial score (nSPS) is 10.9. The fourth-order valence-electron chi connectivity index (χ4n) is 0.845. The van der Waals surface area contributed by atoms with Gasteiger partial charge in [0.15, 0.2) is 11.5 Å². The number of aromatic hydroxyl groups is 1. The van der Waals surface area contributed by atoms with E-state index in [-0.39, 0.29) is 11.5 Å². The molecule has 0 bridgehead atoms. The third kappa shape index (κ3) is 2.75. The van der Waals surface area contributed by atoms with E-state index in [1.165, 1.54) is 24.3 Å². The van der Waals surface area contributed by atoms with Crippen molar-refractivity contribution in [3.8, 4) is 11.5 Å². The van der Waals surface area contributed by atoms with Crippen LogP contribution in [0.4, 0.5) is 0 Å². The summed E-state index contributed by atoms with van der Waals surface area (Å²) >= 11 is 0. The van der Waals surface area contributed by atoms with E-state index in [2.05, 4.69) is 10.8 Å². The molecule has 0 fully saturated rings. The van der Waals surface area contributed by atoms with E-state index >= 15 is 0 Å². The van der Waals surface area contributed by atoms with Gasteiger partial charge in [-0.05, 0) is 17.7 Å². The van der Waals surface area contributed by atoms with Crippen LogP contribution in [0.1, 0.15) is 5.56 Å². The molecule has 0 aliphatic rings. The van der Waals surface area contributed by atoms with Crippen molar-refractivity contribution in [3.05, 3.63) is 30.3 Å². The van der Waals surface area contributed by atoms with Crippen molar-refractivity contribution in [1.29, 1.82) is 0 Å². The topological polar surface area (TPSA) is 83.8 Å². The van der Waals surface area contributed by atoms with Crippen molar-refractivity contribution in [2.45, 2.75) is 0 Å². The van der Waals surface area contributed by atoms with Crippen LogP contribution in [-0.4, -0.2) is 18.1 Å². The largest absolute Gasteiger partial charge is 0.504 e. The molecule has 76 valence electrons. The van der Waals surface area contributed by atoms with Crippen LogP contribution in [0.25, 0.3) is 6.08 Å². The highest BCUT2D eigenvalue weighted by atomic mass is 32.3. The first kappa shape index (κ1) is 10.6. The van der Waals surface area contributed by atoms with Gasteiger partial charge in [0.1, 0.15) is 0 Å². The Labute approximate surface area is 81.2 Å². The molecule has 0 aliphatic heterocycles. The maximum Gasteiger partial charge on any atom is 0.446 e. The molecule has 0 aromatic heterocycles. The zero-order chi connectivity index (χ0) is 10.8. The maximum atomic E-state index is 10.3. The summed E-state index contributed by atoms with van der Waals surface area (Å²) in [6.07, 6.45) is 1.47. The van der Waals surface area contributed by atoms with Gasteiger partial charge in [0.05, 0.1) is 0 Å². The maximum absolute atomic E-state index is 10.3. The van der Waals surface area contributed by atoms with Crippen molar-refractivity contribution in [1.82, 2.24) is 0 Å². The van der Waals surface area contributed by atoms with Crippen molar-refractivity contribution in [3.63, 3.8) is 0 Å². The van der Waals surface area contributed by atoms with Gasteiger partial charge in [-0.25, -0.2) is 0 Å². The Kier molecular flexibility index (Phi) is 2.78. The Morgan fingerprint density at radius 3 is 2.50 bits per heavy atom. The van der Waals surface area contributed by atoms with E-state index in [1.54, 1.807) is 0 Å². The van der Waals surface area contributed by atoms with E-state index in [9.17, 15) is 13.5 Å². The van der Waals surface area contributed by atoms with Crippen LogP contribution >= 0.6 is 0 Å². The molecule has 1 aromatic carbocycles. The predicted molar refractivity (Wildman–Crippen MR) is 50.4 cm³/mol. The molecule has 14 heavy (non-hydrogen) atoms. The molecule has 0 heterocycles. The molecule has 2 N–H and O–H groups in total. The lowest BCUT2D eigenvalue weighted by Gasteiger charge is -2.04. The number of rotatable bonds is 3. The molecule has 0 amide bonds. The fraction of sp³-hybridized carbons (Fsp3) is 0. The molecule has 0 saturated heterocycles. The first-order valence-corrected chi connectivity index (χ1v) is 4.91. The molecule has 0 saturated carbocycles. The molecule has 1 aromatic rings. The Hall–Kier alpha value is -1.53. The van der Waals surface area contributed by atoms with Crippen LogP contribution in [0.2, 0.25) is 0 Å². The van der Waals surface area contributed by atoms with Gasteiger partial charge in [0.25, 0.3) is 0 Å². The van der Waals surface area contributed by atoms with E-state index in [0.29, 0.717) is 5.56 Å². The summed E-state index contributed by atoms with van der Waals surface area (Å²) in [5, 5.41) is 9.24. The minimum Gasteiger partial charge on any atom is -0.504 e. The van der Waals surface area contributed by atoms with Gasteiger partial charge in [-0.1, -0.05) is 18.7 Å². The van der Waals surface area contributed by atoms with E-state index < -0.39 is 10.4 Å². The number of phenols is 1. The molecular weight excluding hydrogens is 208 g/mol. The summed E-state index contributed by atoms with van der Waals surface area (Å²) < 4.78 is 33.0. The Morgan fingerprint density at radius 2 is 2.07 bits per heavy atom. The van der Waals surface area contributed by atoms with Crippen molar-refractivity contribution >= 4 is 16.5 Å². The third-order valence-corrected chi connectivity index (χ3v) is 1.80. The van der Waals surface area contributed by atoms with E-state index in [4.69, 9.17) is 4.55 Å². The van der Waals surface area contributed by atoms with Crippen LogP contribution in [0.15, 0.2) is 24.8 Å². The second-order valence-corrected chi connectivity index (χ2v) is 3.46. The van der Waals surface area contributed by atoms with Crippen molar-refractivity contribution in [2.75, 3.05) is 0 Å². The zero-order valence-electron chi connectivity index (χ0n) is 7.04. The van der Waals surface area contributed by atoms with Crippen LogP contribution in [-0.2, 0) is 10.4 Å². The van der Waals surface area contributed by atoms with Gasteiger partial charge in [0.2, 0.25) is 0 Å². The second-order valence-electron chi connectivity index (χ2n) is 2.44. The molecule has 0 spiro atoms. The average Bonchev–Trinajstić information content (AvgIpc) is 2.06. The molecule has 1 rings (SSSR count). The van der Waals surface area contributed by atoms with Gasteiger partial charge >= 0.3 is 10.4 Å². The Morgan fingerprint density at radius 1 is 1.43 bits per heavy atom. The summed E-state index contributed by atoms with van der Waals surface area (Å²) in [7, 11) is -4.61. The summed E-state index contributed by atoms with van der Waals surface area (Å²) in [5.74, 6) is -0.724. The van der Waals surface area contributed by atoms with E-state index in [1.807, 2.05) is 0 Å². The smallest absolute Gasteiger partial charge is 0.446 e. The lowest BCUT2D eigenvalue weighted by Crippen LogP contribution is -2.06. The van der Waals surface area contributed by atoms with Crippen LogP contribution < -0.4 is 4.18 Å². The lowest BCUT2D eigenvalue weighted by molar-refractivity contribution is 0.371. The van der Waals surface area contributed by atoms with Crippen molar-refractivity contribution < 1.29 is 22.3 Å². The number of phenolic OH excluding ortho intramolecular Hbond substituents is 1. The SMILES string of the molecule is C=Cc1ccc(OS(=O)(=O)O)c(O)c1.